The number of benzene rings is 2. The van der Waals surface area contributed by atoms with Gasteiger partial charge in [-0.2, -0.15) is 0 Å². The molecule has 2 aromatic carbocycles. The van der Waals surface area contributed by atoms with Crippen molar-refractivity contribution in [2.24, 2.45) is 0 Å². The first-order chi connectivity index (χ1) is 22.7. The largest absolute Gasteiger partial charge is 0.491 e. The number of hydrogen-bond donors (Lipinski definition) is 2. The fourth-order valence-corrected chi connectivity index (χ4v) is 5.13. The monoisotopic (exact) mass is 660 g/mol. The lowest BCUT2D eigenvalue weighted by Crippen LogP contribution is -2.15. The zero-order valence-electron chi connectivity index (χ0n) is 28.4. The molecular formula is C38H54F2O7. The Bertz CT molecular complexity index is 1260. The van der Waals surface area contributed by atoms with Crippen molar-refractivity contribution in [3.05, 3.63) is 71.3 Å². The van der Waals surface area contributed by atoms with Crippen LogP contribution in [0.1, 0.15) is 89.2 Å². The van der Waals surface area contributed by atoms with E-state index in [0.29, 0.717) is 46.4 Å². The number of aliphatic hydroxyl groups excluding tert-OH is 2. The Morgan fingerprint density at radius 1 is 0.681 bits per heavy atom. The van der Waals surface area contributed by atoms with Crippen LogP contribution in [0.5, 0.6) is 11.5 Å². The number of rotatable bonds is 26. The summed E-state index contributed by atoms with van der Waals surface area (Å²) in [5, 5.41) is 18.2. The highest BCUT2D eigenvalue weighted by atomic mass is 19.1. The average molecular weight is 661 g/mol. The van der Waals surface area contributed by atoms with Crippen LogP contribution in [0.3, 0.4) is 0 Å². The van der Waals surface area contributed by atoms with Gasteiger partial charge in [0, 0.05) is 12.1 Å². The summed E-state index contributed by atoms with van der Waals surface area (Å²) in [6.45, 7) is 11.1. The lowest BCUT2D eigenvalue weighted by molar-refractivity contribution is -0.140. The Hall–Kier alpha value is -3.27. The molecule has 0 aromatic heterocycles. The molecular weight excluding hydrogens is 606 g/mol. The first kappa shape index (κ1) is 39.9. The molecule has 0 radical (unpaired) electrons. The molecule has 0 aliphatic heterocycles. The standard InChI is InChI=1S/C38H54F2O7/c1-5-7-9-11-13-15-32-34(21-30(23-36(32)39)45-18-17-44-27-28(3)25-41)35-22-31(46-19-20-47-38(43)29(4)26-42)24-37(40)33(35)16-14-12-10-8-6-2/h21-24,41-42H,3-20,25-27H2,1-2H3. The van der Waals surface area contributed by atoms with Crippen LogP contribution in [0.2, 0.25) is 0 Å². The molecule has 0 aliphatic rings. The second-order valence-electron chi connectivity index (χ2n) is 11.7. The first-order valence-corrected chi connectivity index (χ1v) is 17.0. The molecule has 0 aliphatic carbocycles. The van der Waals surface area contributed by atoms with Gasteiger partial charge in [-0.3, -0.25) is 0 Å². The van der Waals surface area contributed by atoms with E-state index in [1.54, 1.807) is 12.1 Å². The summed E-state index contributed by atoms with van der Waals surface area (Å²) < 4.78 is 54.0. The summed E-state index contributed by atoms with van der Waals surface area (Å²) in [7, 11) is 0. The number of aliphatic hydroxyl groups is 2. The average Bonchev–Trinajstić information content (AvgIpc) is 3.06. The number of esters is 1. The summed E-state index contributed by atoms with van der Waals surface area (Å²) in [5.74, 6) is -1.08. The van der Waals surface area contributed by atoms with Crippen LogP contribution >= 0.6 is 0 Å². The molecule has 0 fully saturated rings. The number of hydrogen-bond acceptors (Lipinski definition) is 7. The molecule has 7 nitrogen and oxygen atoms in total. The molecule has 2 rings (SSSR count). The molecule has 9 heteroatoms. The molecule has 0 amide bonds. The van der Waals surface area contributed by atoms with Crippen LogP contribution in [0.15, 0.2) is 48.6 Å². The molecule has 0 atom stereocenters. The second-order valence-corrected chi connectivity index (χ2v) is 11.7. The summed E-state index contributed by atoms with van der Waals surface area (Å²) in [6.07, 6.45) is 11.0. The zero-order valence-corrected chi connectivity index (χ0v) is 28.4. The van der Waals surface area contributed by atoms with Crippen molar-refractivity contribution in [2.45, 2.75) is 90.9 Å². The van der Waals surface area contributed by atoms with Crippen LogP contribution in [-0.2, 0) is 27.1 Å². The van der Waals surface area contributed by atoms with Gasteiger partial charge in [0.05, 0.1) is 32.0 Å². The fourth-order valence-electron chi connectivity index (χ4n) is 5.13. The van der Waals surface area contributed by atoms with E-state index in [-0.39, 0.29) is 51.0 Å². The summed E-state index contributed by atoms with van der Waals surface area (Å²) in [5.41, 5.74) is 2.57. The number of halogens is 2. The molecule has 0 unspecified atom stereocenters. The van der Waals surface area contributed by atoms with Crippen molar-refractivity contribution < 1.29 is 42.7 Å². The predicted octanol–water partition coefficient (Wildman–Crippen LogP) is 8.07. The van der Waals surface area contributed by atoms with E-state index < -0.39 is 24.2 Å². The third-order valence-corrected chi connectivity index (χ3v) is 7.78. The van der Waals surface area contributed by atoms with Crippen molar-refractivity contribution in [3.8, 4) is 22.6 Å². The minimum Gasteiger partial charge on any atom is -0.491 e. The third kappa shape index (κ3) is 14.6. The molecule has 2 aromatic rings. The molecule has 0 spiro atoms. The summed E-state index contributed by atoms with van der Waals surface area (Å²) >= 11 is 0. The molecule has 2 N–H and O–H groups in total. The van der Waals surface area contributed by atoms with Gasteiger partial charge in [0.2, 0.25) is 0 Å². The smallest absolute Gasteiger partial charge is 0.335 e. The van der Waals surface area contributed by atoms with Gasteiger partial charge in [-0.05, 0) is 65.6 Å². The highest BCUT2D eigenvalue weighted by Gasteiger charge is 2.20. The number of ether oxygens (including phenoxy) is 4. The van der Waals surface area contributed by atoms with E-state index in [1.165, 1.54) is 12.1 Å². The van der Waals surface area contributed by atoms with Crippen molar-refractivity contribution in [3.63, 3.8) is 0 Å². The zero-order chi connectivity index (χ0) is 34.4. The molecule has 47 heavy (non-hydrogen) atoms. The van der Waals surface area contributed by atoms with Crippen molar-refractivity contribution >= 4 is 5.97 Å². The third-order valence-electron chi connectivity index (χ3n) is 7.78. The summed E-state index contributed by atoms with van der Waals surface area (Å²) in [6, 6.07) is 6.17. The van der Waals surface area contributed by atoms with Crippen molar-refractivity contribution in [1.82, 2.24) is 0 Å². The minimum absolute atomic E-state index is 0.0514. The number of carbonyl (C=O) groups is 1. The Morgan fingerprint density at radius 3 is 1.64 bits per heavy atom. The predicted molar refractivity (Wildman–Crippen MR) is 182 cm³/mol. The Morgan fingerprint density at radius 2 is 1.17 bits per heavy atom. The molecule has 0 heterocycles. The van der Waals surface area contributed by atoms with Gasteiger partial charge in [-0.25, -0.2) is 13.6 Å². The fraction of sp³-hybridized carbons (Fsp3) is 0.553. The maximum atomic E-state index is 15.9. The lowest BCUT2D eigenvalue weighted by atomic mass is 9.89. The topological polar surface area (TPSA) is 94.5 Å². The molecule has 0 bridgehead atoms. The van der Waals surface area contributed by atoms with Gasteiger partial charge in [-0.1, -0.05) is 78.4 Å². The van der Waals surface area contributed by atoms with E-state index >= 15 is 8.78 Å². The van der Waals surface area contributed by atoms with Crippen LogP contribution in [0.4, 0.5) is 8.78 Å². The Labute approximate surface area is 279 Å². The lowest BCUT2D eigenvalue weighted by Gasteiger charge is -2.19. The Kier molecular flexibility index (Phi) is 19.6. The van der Waals surface area contributed by atoms with E-state index in [1.807, 2.05) is 0 Å². The first-order valence-electron chi connectivity index (χ1n) is 17.0. The van der Waals surface area contributed by atoms with Crippen LogP contribution in [-0.4, -0.2) is 62.4 Å². The van der Waals surface area contributed by atoms with Crippen LogP contribution < -0.4 is 9.47 Å². The van der Waals surface area contributed by atoms with Gasteiger partial charge in [0.15, 0.2) is 0 Å². The van der Waals surface area contributed by atoms with Crippen molar-refractivity contribution in [2.75, 3.05) is 46.2 Å². The second kappa shape index (κ2) is 23.1. The number of unbranched alkanes of at least 4 members (excludes halogenated alkanes) is 8. The van der Waals surface area contributed by atoms with E-state index in [9.17, 15) is 4.79 Å². The number of carbonyl (C=O) groups excluding carboxylic acids is 1. The van der Waals surface area contributed by atoms with Crippen molar-refractivity contribution in [1.29, 1.82) is 0 Å². The molecule has 262 valence electrons. The molecule has 0 saturated heterocycles. The maximum absolute atomic E-state index is 15.9. The normalized spacial score (nSPS) is 11.0. The van der Waals surface area contributed by atoms with E-state index in [0.717, 1.165) is 64.2 Å². The maximum Gasteiger partial charge on any atom is 0.335 e. The van der Waals surface area contributed by atoms with Gasteiger partial charge >= 0.3 is 5.97 Å². The summed E-state index contributed by atoms with van der Waals surface area (Å²) in [4.78, 5) is 11.8. The quantitative estimate of drug-likeness (QED) is 0.0456. The van der Waals surface area contributed by atoms with E-state index in [4.69, 9.17) is 29.2 Å². The van der Waals surface area contributed by atoms with Gasteiger partial charge in [-0.15, -0.1) is 0 Å². The van der Waals surface area contributed by atoms with Gasteiger partial charge in [0.25, 0.3) is 0 Å². The van der Waals surface area contributed by atoms with Gasteiger partial charge < -0.3 is 29.2 Å². The van der Waals surface area contributed by atoms with Gasteiger partial charge in [0.1, 0.15) is 43.0 Å². The SMILES string of the molecule is C=C(CO)COCCOc1cc(F)c(CCCCCCC)c(-c2cc(OCCOC(=O)C(=C)CO)cc(F)c2CCCCCCC)c1. The van der Waals surface area contributed by atoms with Crippen LogP contribution in [0.25, 0.3) is 11.1 Å². The Balaban J connectivity index is 2.44. The highest BCUT2D eigenvalue weighted by molar-refractivity contribution is 5.87. The highest BCUT2D eigenvalue weighted by Crippen LogP contribution is 2.38. The minimum atomic E-state index is -0.735. The van der Waals surface area contributed by atoms with Crippen LogP contribution in [0, 0.1) is 11.6 Å². The van der Waals surface area contributed by atoms with E-state index in [2.05, 4.69) is 27.0 Å². The molecule has 0 saturated carbocycles.